The summed E-state index contributed by atoms with van der Waals surface area (Å²) in [5, 5.41) is 27.6. The van der Waals surface area contributed by atoms with Gasteiger partial charge in [-0.25, -0.2) is 9.48 Å². The Morgan fingerprint density at radius 2 is 1.54 bits per heavy atom. The zero-order valence-corrected chi connectivity index (χ0v) is 25.6. The molecule has 0 aliphatic carbocycles. The number of esters is 4. The number of aromatic nitrogens is 5. The van der Waals surface area contributed by atoms with Gasteiger partial charge in [0.05, 0.1) is 25.5 Å². The van der Waals surface area contributed by atoms with E-state index in [4.69, 9.17) is 28.4 Å². The molecule has 0 amide bonds. The van der Waals surface area contributed by atoms with E-state index >= 15 is 0 Å². The first-order valence-corrected chi connectivity index (χ1v) is 14.2. The van der Waals surface area contributed by atoms with Gasteiger partial charge in [-0.3, -0.25) is 33.1 Å². The molecule has 0 aromatic carbocycles. The fraction of sp³-hybridized carbons (Fsp3) is 0.630. The highest BCUT2D eigenvalue weighted by Gasteiger charge is 2.53. The highest BCUT2D eigenvalue weighted by Crippen LogP contribution is 2.34. The maximum Gasteiger partial charge on any atom is 0.333 e. The molecule has 0 spiro atoms. The summed E-state index contributed by atoms with van der Waals surface area (Å²) < 4.78 is 36.1. The highest BCUT2D eigenvalue weighted by molar-refractivity contribution is 5.68. The lowest BCUT2D eigenvalue weighted by Crippen LogP contribution is -2.60. The largest absolute Gasteiger partial charge is 0.463 e. The van der Waals surface area contributed by atoms with Gasteiger partial charge in [-0.2, -0.15) is 0 Å². The summed E-state index contributed by atoms with van der Waals surface area (Å²) in [6.45, 7) is 4.59. The molecule has 2 aliphatic rings. The lowest BCUT2D eigenvalue weighted by atomic mass is 9.97. The third-order valence-electron chi connectivity index (χ3n) is 7.17. The number of hydrogen-bond donors (Lipinski definition) is 2. The number of nitrogens with zero attached hydrogens (tertiary/aromatic N) is 5. The van der Waals surface area contributed by atoms with Gasteiger partial charge in [-0.15, -0.1) is 5.10 Å². The van der Waals surface area contributed by atoms with Crippen molar-refractivity contribution in [2.45, 2.75) is 96.7 Å². The van der Waals surface area contributed by atoms with Crippen LogP contribution in [0.25, 0.3) is 0 Å². The van der Waals surface area contributed by atoms with Gasteiger partial charge in [-0.05, 0) is 6.92 Å². The smallest absolute Gasteiger partial charge is 0.333 e. The van der Waals surface area contributed by atoms with Crippen molar-refractivity contribution >= 4 is 23.9 Å². The summed E-state index contributed by atoms with van der Waals surface area (Å²) in [6.07, 6.45) is -7.20. The number of rotatable bonds is 10. The van der Waals surface area contributed by atoms with Crippen LogP contribution in [0.3, 0.4) is 0 Å². The van der Waals surface area contributed by atoms with Crippen LogP contribution in [0.15, 0.2) is 22.0 Å². The van der Waals surface area contributed by atoms with Gasteiger partial charge < -0.3 is 38.6 Å². The minimum Gasteiger partial charge on any atom is -0.463 e. The van der Waals surface area contributed by atoms with E-state index in [9.17, 15) is 39.0 Å². The van der Waals surface area contributed by atoms with Crippen molar-refractivity contribution < 1.29 is 57.8 Å². The van der Waals surface area contributed by atoms with E-state index in [2.05, 4.69) is 10.3 Å². The first-order valence-electron chi connectivity index (χ1n) is 14.2. The third kappa shape index (κ3) is 7.66. The molecule has 4 rings (SSSR count). The zero-order valence-electron chi connectivity index (χ0n) is 25.6. The maximum absolute atomic E-state index is 13.4. The van der Waals surface area contributed by atoms with Crippen molar-refractivity contribution in [1.82, 2.24) is 24.1 Å². The van der Waals surface area contributed by atoms with Gasteiger partial charge in [0.1, 0.15) is 30.7 Å². The molecule has 19 heteroatoms. The minimum atomic E-state index is -1.46. The molecule has 4 heterocycles. The van der Waals surface area contributed by atoms with Gasteiger partial charge in [-0.1, -0.05) is 5.21 Å². The lowest BCUT2D eigenvalue weighted by Gasteiger charge is -2.44. The van der Waals surface area contributed by atoms with E-state index < -0.39 is 97.4 Å². The van der Waals surface area contributed by atoms with Crippen LogP contribution >= 0.6 is 0 Å². The number of aliphatic hydroxyl groups excluding tert-OH is 2. The van der Waals surface area contributed by atoms with E-state index in [1.54, 1.807) is 0 Å². The molecule has 2 saturated heterocycles. The van der Waals surface area contributed by atoms with Crippen LogP contribution in [0.5, 0.6) is 0 Å². The third-order valence-corrected chi connectivity index (χ3v) is 7.17. The number of carbonyl (C=O) groups excluding carboxylic acids is 4. The van der Waals surface area contributed by atoms with Gasteiger partial charge >= 0.3 is 29.6 Å². The van der Waals surface area contributed by atoms with E-state index in [0.29, 0.717) is 0 Å². The number of carbonyl (C=O) groups is 4. The Balaban J connectivity index is 1.70. The van der Waals surface area contributed by atoms with Crippen LogP contribution in [0.4, 0.5) is 0 Å². The molecular weight excluding hydrogens is 618 g/mol. The number of ether oxygens (including phenoxy) is 6. The first-order chi connectivity index (χ1) is 21.7. The van der Waals surface area contributed by atoms with Crippen LogP contribution in [0, 0.1) is 6.92 Å². The molecule has 2 fully saturated rings. The van der Waals surface area contributed by atoms with Crippen LogP contribution in [-0.2, 0) is 54.1 Å². The summed E-state index contributed by atoms with van der Waals surface area (Å²) >= 11 is 0. The molecule has 2 aromatic rings. The van der Waals surface area contributed by atoms with E-state index in [0.717, 1.165) is 41.5 Å². The summed E-state index contributed by atoms with van der Waals surface area (Å²) in [5.74, 6) is -3.11. The van der Waals surface area contributed by atoms with E-state index in [1.165, 1.54) is 19.3 Å². The quantitative estimate of drug-likeness (QED) is 0.205. The van der Waals surface area contributed by atoms with E-state index in [-0.39, 0.29) is 24.2 Å². The maximum atomic E-state index is 13.4. The Labute approximate surface area is 260 Å². The fourth-order valence-corrected chi connectivity index (χ4v) is 5.24. The van der Waals surface area contributed by atoms with Crippen LogP contribution in [0.1, 0.15) is 57.8 Å². The van der Waals surface area contributed by atoms with Crippen LogP contribution in [0.2, 0.25) is 0 Å². The van der Waals surface area contributed by atoms with Gasteiger partial charge in [0.25, 0.3) is 5.56 Å². The normalized spacial score (nSPS) is 27.5. The SMILES string of the molecule is CC(=O)OC[C@H]1O[C@H](n2cc(Cn3c(=O)c(C)cn([C@H]4C[C@@H](O)[C@@H](CO)O4)c3=O)nn2)C(OC(C)=O)C(OC(C)=O)[C@H]1OC(C)=O. The molecule has 0 saturated carbocycles. The van der Waals surface area contributed by atoms with Crippen molar-refractivity contribution in [3.8, 4) is 0 Å². The second kappa shape index (κ2) is 14.3. The van der Waals surface area contributed by atoms with Crippen molar-refractivity contribution in [1.29, 1.82) is 0 Å². The van der Waals surface area contributed by atoms with E-state index in [1.807, 2.05) is 0 Å². The number of aliphatic hydroxyl groups is 2. The summed E-state index contributed by atoms with van der Waals surface area (Å²) in [7, 11) is 0. The summed E-state index contributed by atoms with van der Waals surface area (Å²) in [5.41, 5.74) is -1.17. The predicted molar refractivity (Wildman–Crippen MR) is 148 cm³/mol. The highest BCUT2D eigenvalue weighted by atomic mass is 16.7. The molecule has 252 valence electrons. The number of hydrogen-bond acceptors (Lipinski definition) is 16. The Hall–Kier alpha value is -4.46. The number of aryl methyl sites for hydroxylation is 1. The minimum absolute atomic E-state index is 0.00185. The van der Waals surface area contributed by atoms with Crippen LogP contribution in [-0.4, -0.2) is 108 Å². The monoisotopic (exact) mass is 653 g/mol. The Bertz CT molecular complexity index is 1580. The predicted octanol–water partition coefficient (Wildman–Crippen LogP) is -2.15. The van der Waals surface area contributed by atoms with Gasteiger partial charge in [0.15, 0.2) is 24.5 Å². The van der Waals surface area contributed by atoms with Crippen molar-refractivity contribution in [3.63, 3.8) is 0 Å². The molecule has 2 N–H and O–H groups in total. The molecule has 2 aromatic heterocycles. The second-order valence-corrected chi connectivity index (χ2v) is 10.8. The Kier molecular flexibility index (Phi) is 10.7. The van der Waals surface area contributed by atoms with Crippen molar-refractivity contribution in [2.24, 2.45) is 0 Å². The van der Waals surface area contributed by atoms with Crippen LogP contribution < -0.4 is 11.2 Å². The Morgan fingerprint density at radius 3 is 2.13 bits per heavy atom. The van der Waals surface area contributed by atoms with Gasteiger partial charge in [0.2, 0.25) is 0 Å². The summed E-state index contributed by atoms with van der Waals surface area (Å²) in [6, 6.07) is 0. The molecule has 8 atom stereocenters. The average molecular weight is 654 g/mol. The average Bonchev–Trinajstić information content (AvgIpc) is 3.59. The fourth-order valence-electron chi connectivity index (χ4n) is 5.24. The second-order valence-electron chi connectivity index (χ2n) is 10.8. The summed E-state index contributed by atoms with van der Waals surface area (Å²) in [4.78, 5) is 74.2. The molecular formula is C27H35N5O14. The first kappa shape index (κ1) is 34.4. The zero-order chi connectivity index (χ0) is 33.9. The van der Waals surface area contributed by atoms with Crippen molar-refractivity contribution in [2.75, 3.05) is 13.2 Å². The molecule has 46 heavy (non-hydrogen) atoms. The van der Waals surface area contributed by atoms with Crippen molar-refractivity contribution in [3.05, 3.63) is 44.5 Å². The molecule has 0 radical (unpaired) electrons. The molecule has 2 aliphatic heterocycles. The van der Waals surface area contributed by atoms with Gasteiger partial charge in [0, 0.05) is 45.9 Å². The molecule has 0 bridgehead atoms. The molecule has 2 unspecified atom stereocenters. The standard InChI is InChI=1S/C27H35N5O14/c1-12-7-30(21-6-18(38)19(10-33)45-21)27(40)31(25(12)39)8-17-9-32(29-28-17)26-24(44-16(5)37)23(43-15(4)36)22(42-14(3)35)20(46-26)11-41-13(2)34/h7,9,18-24,26,33,38H,6,8,10-11H2,1-5H3/t18-,19-,20-,21-,22+,23?,24?,26+/m1/s1. The molecule has 19 nitrogen and oxygen atoms in total. The lowest BCUT2D eigenvalue weighted by molar-refractivity contribution is -0.270. The Morgan fingerprint density at radius 1 is 0.913 bits per heavy atom. The topological polar surface area (TPSA) is 239 Å².